The van der Waals surface area contributed by atoms with E-state index in [-0.39, 0.29) is 5.91 Å². The van der Waals surface area contributed by atoms with Crippen molar-refractivity contribution in [2.75, 3.05) is 13.7 Å². The number of fused-ring (bicyclic) bond motifs is 1. The van der Waals surface area contributed by atoms with Crippen molar-refractivity contribution in [3.05, 3.63) is 42.7 Å². The molecule has 6 nitrogen and oxygen atoms in total. The van der Waals surface area contributed by atoms with Crippen LogP contribution in [-0.4, -0.2) is 34.1 Å². The zero-order chi connectivity index (χ0) is 16.9. The number of ether oxygens (including phenoxy) is 1. The number of imidazole rings is 1. The number of benzene rings is 1. The number of pyridine rings is 1. The number of nitrogens with zero attached hydrogens (tertiary/aromatic N) is 3. The third-order valence-electron chi connectivity index (χ3n) is 3.86. The molecule has 24 heavy (non-hydrogen) atoms. The number of methoxy groups -OCH3 is 1. The molecule has 0 radical (unpaired) electrons. The van der Waals surface area contributed by atoms with E-state index in [2.05, 4.69) is 21.4 Å². The Kier molecular flexibility index (Phi) is 4.74. The summed E-state index contributed by atoms with van der Waals surface area (Å²) in [6.07, 6.45) is 3.58. The van der Waals surface area contributed by atoms with Gasteiger partial charge in [0, 0.05) is 31.6 Å². The van der Waals surface area contributed by atoms with Crippen LogP contribution < -0.4 is 10.1 Å². The second kappa shape index (κ2) is 7.12. The molecule has 1 aromatic carbocycles. The molecule has 1 N–H and O–H groups in total. The monoisotopic (exact) mass is 324 g/mol. The van der Waals surface area contributed by atoms with Crippen molar-refractivity contribution >= 4 is 16.9 Å². The molecule has 0 bridgehead atoms. The van der Waals surface area contributed by atoms with Gasteiger partial charge in [0.2, 0.25) is 11.8 Å². The number of amides is 1. The van der Waals surface area contributed by atoms with E-state index in [9.17, 15) is 4.79 Å². The van der Waals surface area contributed by atoms with Crippen molar-refractivity contribution in [2.24, 2.45) is 7.05 Å². The molecule has 4 rings (SSSR count). The quantitative estimate of drug-likeness (QED) is 0.786. The Balaban J connectivity index is 0.000000238. The predicted molar refractivity (Wildman–Crippen MR) is 92.7 cm³/mol. The fourth-order valence-electron chi connectivity index (χ4n) is 2.55. The first-order chi connectivity index (χ1) is 11.7. The first-order valence-electron chi connectivity index (χ1n) is 7.86. The van der Waals surface area contributed by atoms with Crippen molar-refractivity contribution < 1.29 is 9.53 Å². The molecular weight excluding hydrogens is 304 g/mol. The second-order valence-electron chi connectivity index (χ2n) is 5.58. The highest BCUT2D eigenvalue weighted by molar-refractivity contribution is 5.81. The molecule has 124 valence electrons. The molecule has 0 spiro atoms. The standard InChI is InChI=1S/C14H13N3O.C4H7NO/c1-17-9-15-12-8-10(6-7-13(12)17)11-4-3-5-14(16-11)18-2;6-4-2-1-3-5-4/h3-9H,1-2H3;1-3H2,(H,5,6). The van der Waals surface area contributed by atoms with Crippen LogP contribution in [-0.2, 0) is 11.8 Å². The van der Waals surface area contributed by atoms with Crippen molar-refractivity contribution in [1.82, 2.24) is 19.9 Å². The van der Waals surface area contributed by atoms with Crippen LogP contribution in [0.4, 0.5) is 0 Å². The maximum Gasteiger partial charge on any atom is 0.220 e. The van der Waals surface area contributed by atoms with Gasteiger partial charge in [-0.2, -0.15) is 0 Å². The number of hydrogen-bond donors (Lipinski definition) is 1. The van der Waals surface area contributed by atoms with Crippen molar-refractivity contribution in [2.45, 2.75) is 12.8 Å². The topological polar surface area (TPSA) is 69.0 Å². The highest BCUT2D eigenvalue weighted by Gasteiger charge is 2.06. The summed E-state index contributed by atoms with van der Waals surface area (Å²) in [4.78, 5) is 18.9. The van der Waals surface area contributed by atoms with Crippen LogP contribution in [0.15, 0.2) is 42.7 Å². The van der Waals surface area contributed by atoms with Gasteiger partial charge in [-0.1, -0.05) is 12.1 Å². The normalized spacial score (nSPS) is 13.3. The van der Waals surface area contributed by atoms with Gasteiger partial charge < -0.3 is 14.6 Å². The molecule has 6 heteroatoms. The van der Waals surface area contributed by atoms with Gasteiger partial charge in [-0.25, -0.2) is 9.97 Å². The van der Waals surface area contributed by atoms with Crippen LogP contribution in [0.1, 0.15) is 12.8 Å². The van der Waals surface area contributed by atoms with E-state index >= 15 is 0 Å². The van der Waals surface area contributed by atoms with Crippen LogP contribution in [0.2, 0.25) is 0 Å². The molecule has 1 aliphatic heterocycles. The number of rotatable bonds is 2. The molecule has 0 atom stereocenters. The summed E-state index contributed by atoms with van der Waals surface area (Å²) in [7, 11) is 3.60. The second-order valence-corrected chi connectivity index (χ2v) is 5.58. The maximum absolute atomic E-state index is 10.1. The number of carbonyl (C=O) groups excluding carboxylic acids is 1. The Bertz CT molecular complexity index is 849. The average Bonchev–Trinajstić information content (AvgIpc) is 3.24. The van der Waals surface area contributed by atoms with E-state index in [1.807, 2.05) is 48.3 Å². The molecule has 1 aliphatic rings. The lowest BCUT2D eigenvalue weighted by atomic mass is 10.1. The minimum absolute atomic E-state index is 0.204. The minimum atomic E-state index is 0.204. The number of hydrogen-bond acceptors (Lipinski definition) is 4. The number of aryl methyl sites for hydroxylation is 1. The van der Waals surface area contributed by atoms with Gasteiger partial charge in [0.25, 0.3) is 0 Å². The molecule has 0 saturated carbocycles. The molecule has 3 heterocycles. The van der Waals surface area contributed by atoms with Crippen LogP contribution in [0.5, 0.6) is 5.88 Å². The number of aromatic nitrogens is 3. The molecule has 1 saturated heterocycles. The van der Waals surface area contributed by atoms with Gasteiger partial charge in [0.1, 0.15) is 0 Å². The van der Waals surface area contributed by atoms with E-state index in [0.717, 1.165) is 41.7 Å². The molecule has 2 aromatic heterocycles. The van der Waals surface area contributed by atoms with Crippen LogP contribution in [0, 0.1) is 0 Å². The summed E-state index contributed by atoms with van der Waals surface area (Å²) in [5.74, 6) is 0.823. The zero-order valence-corrected chi connectivity index (χ0v) is 13.8. The lowest BCUT2D eigenvalue weighted by Gasteiger charge is -2.04. The SMILES string of the molecule is COc1cccc(-c2ccc3c(c2)ncn3C)n1.O=C1CCCN1. The Morgan fingerprint density at radius 2 is 2.12 bits per heavy atom. The van der Waals surface area contributed by atoms with Gasteiger partial charge in [-0.3, -0.25) is 4.79 Å². The van der Waals surface area contributed by atoms with Crippen molar-refractivity contribution in [1.29, 1.82) is 0 Å². The third kappa shape index (κ3) is 3.53. The molecule has 1 amide bonds. The Morgan fingerprint density at radius 3 is 2.79 bits per heavy atom. The fraction of sp³-hybridized carbons (Fsp3) is 0.278. The summed E-state index contributed by atoms with van der Waals surface area (Å²) in [6.45, 7) is 0.888. The average molecular weight is 324 g/mol. The lowest BCUT2D eigenvalue weighted by molar-refractivity contribution is -0.119. The summed E-state index contributed by atoms with van der Waals surface area (Å²) in [6, 6.07) is 11.9. The van der Waals surface area contributed by atoms with Crippen LogP contribution in [0.25, 0.3) is 22.3 Å². The number of carbonyl (C=O) groups is 1. The van der Waals surface area contributed by atoms with Gasteiger partial charge >= 0.3 is 0 Å². The smallest absolute Gasteiger partial charge is 0.220 e. The molecular formula is C18H20N4O2. The van der Waals surface area contributed by atoms with Gasteiger partial charge in [-0.15, -0.1) is 0 Å². The van der Waals surface area contributed by atoms with Crippen LogP contribution >= 0.6 is 0 Å². The summed E-state index contributed by atoms with van der Waals surface area (Å²) in [5.41, 5.74) is 4.02. The van der Waals surface area contributed by atoms with Crippen LogP contribution in [0.3, 0.4) is 0 Å². The Morgan fingerprint density at radius 1 is 1.25 bits per heavy atom. The highest BCUT2D eigenvalue weighted by atomic mass is 16.5. The van der Waals surface area contributed by atoms with Crippen molar-refractivity contribution in [3.63, 3.8) is 0 Å². The predicted octanol–water partition coefficient (Wildman–Crippen LogP) is 2.54. The molecule has 1 fully saturated rings. The molecule has 0 unspecified atom stereocenters. The van der Waals surface area contributed by atoms with Gasteiger partial charge in [0.05, 0.1) is 30.2 Å². The summed E-state index contributed by atoms with van der Waals surface area (Å²) < 4.78 is 7.14. The van der Waals surface area contributed by atoms with E-state index in [4.69, 9.17) is 4.74 Å². The Labute approximate surface area is 140 Å². The van der Waals surface area contributed by atoms with E-state index in [0.29, 0.717) is 5.88 Å². The highest BCUT2D eigenvalue weighted by Crippen LogP contribution is 2.23. The third-order valence-corrected chi connectivity index (χ3v) is 3.86. The van der Waals surface area contributed by atoms with Gasteiger partial charge in [0.15, 0.2) is 0 Å². The molecule has 0 aliphatic carbocycles. The molecule has 3 aromatic rings. The van der Waals surface area contributed by atoms with E-state index in [1.165, 1.54) is 0 Å². The summed E-state index contributed by atoms with van der Waals surface area (Å²) >= 11 is 0. The first kappa shape index (κ1) is 16.0. The summed E-state index contributed by atoms with van der Waals surface area (Å²) in [5, 5.41) is 2.68. The first-order valence-corrected chi connectivity index (χ1v) is 7.86. The van der Waals surface area contributed by atoms with E-state index in [1.54, 1.807) is 7.11 Å². The van der Waals surface area contributed by atoms with Gasteiger partial charge in [-0.05, 0) is 24.6 Å². The largest absolute Gasteiger partial charge is 0.481 e. The number of nitrogens with one attached hydrogen (secondary N) is 1. The van der Waals surface area contributed by atoms with E-state index < -0.39 is 0 Å². The van der Waals surface area contributed by atoms with Crippen molar-refractivity contribution in [3.8, 4) is 17.1 Å². The fourth-order valence-corrected chi connectivity index (χ4v) is 2.55. The minimum Gasteiger partial charge on any atom is -0.481 e. The Hall–Kier alpha value is -2.89. The zero-order valence-electron chi connectivity index (χ0n) is 13.8. The maximum atomic E-state index is 10.1. The lowest BCUT2D eigenvalue weighted by Crippen LogP contribution is -2.12.